The molecule has 25 heavy (non-hydrogen) atoms. The average molecular weight is 347 g/mol. The van der Waals surface area contributed by atoms with E-state index in [0.717, 1.165) is 32.2 Å². The normalized spacial score (nSPS) is 23.5. The van der Waals surface area contributed by atoms with E-state index >= 15 is 0 Å². The zero-order valence-electron chi connectivity index (χ0n) is 14.7. The Morgan fingerprint density at radius 2 is 2.16 bits per heavy atom. The maximum atomic E-state index is 14.2. The van der Waals surface area contributed by atoms with Gasteiger partial charge in [-0.2, -0.15) is 0 Å². The molecule has 0 radical (unpaired) electrons. The maximum absolute atomic E-state index is 14.2. The Bertz CT molecular complexity index is 644. The van der Waals surface area contributed by atoms with Gasteiger partial charge < -0.3 is 15.5 Å². The number of nitrogens with one attached hydrogen (secondary N) is 2. The van der Waals surface area contributed by atoms with Gasteiger partial charge in [0.05, 0.1) is 11.6 Å². The summed E-state index contributed by atoms with van der Waals surface area (Å²) in [5, 5.41) is 6.19. The molecular formula is C19H26FN3O2. The number of piperidine rings is 1. The number of benzene rings is 1. The van der Waals surface area contributed by atoms with Crippen molar-refractivity contribution in [2.45, 2.75) is 38.6 Å². The van der Waals surface area contributed by atoms with Gasteiger partial charge in [0.2, 0.25) is 5.91 Å². The molecule has 2 fully saturated rings. The molecule has 0 aromatic heterocycles. The molecule has 0 bridgehead atoms. The van der Waals surface area contributed by atoms with Gasteiger partial charge in [0.1, 0.15) is 5.82 Å². The molecule has 6 heteroatoms. The molecular weight excluding hydrogens is 321 g/mol. The summed E-state index contributed by atoms with van der Waals surface area (Å²) < 4.78 is 14.2. The molecule has 136 valence electrons. The summed E-state index contributed by atoms with van der Waals surface area (Å²) in [6.07, 6.45) is 3.76. The van der Waals surface area contributed by atoms with Gasteiger partial charge in [-0.05, 0) is 56.7 Å². The van der Waals surface area contributed by atoms with Gasteiger partial charge in [0.25, 0.3) is 5.91 Å². The third-order valence-corrected chi connectivity index (χ3v) is 5.17. The molecule has 0 spiro atoms. The summed E-state index contributed by atoms with van der Waals surface area (Å²) in [5.74, 6) is -0.425. The van der Waals surface area contributed by atoms with Crippen LogP contribution < -0.4 is 10.6 Å². The van der Waals surface area contributed by atoms with Crippen LogP contribution in [-0.2, 0) is 4.79 Å². The van der Waals surface area contributed by atoms with Gasteiger partial charge in [0.15, 0.2) is 0 Å². The lowest BCUT2D eigenvalue weighted by Crippen LogP contribution is -2.46. The first-order valence-corrected chi connectivity index (χ1v) is 9.11. The predicted molar refractivity (Wildman–Crippen MR) is 93.8 cm³/mol. The third kappa shape index (κ3) is 4.18. The third-order valence-electron chi connectivity index (χ3n) is 5.17. The molecule has 2 heterocycles. The number of aryl methyl sites for hydroxylation is 1. The number of carbonyl (C=O) groups excluding carboxylic acids is 2. The number of nitrogens with zero attached hydrogens (tertiary/aromatic N) is 1. The van der Waals surface area contributed by atoms with Crippen LogP contribution in [0.2, 0.25) is 0 Å². The molecule has 0 unspecified atom stereocenters. The molecule has 1 aromatic carbocycles. The van der Waals surface area contributed by atoms with E-state index in [9.17, 15) is 14.0 Å². The highest BCUT2D eigenvalue weighted by molar-refractivity contribution is 5.94. The van der Waals surface area contributed by atoms with Crippen molar-refractivity contribution < 1.29 is 14.0 Å². The van der Waals surface area contributed by atoms with E-state index in [-0.39, 0.29) is 29.3 Å². The fourth-order valence-electron chi connectivity index (χ4n) is 3.68. The Morgan fingerprint density at radius 3 is 2.92 bits per heavy atom. The molecule has 2 atom stereocenters. The summed E-state index contributed by atoms with van der Waals surface area (Å²) in [5.41, 5.74) is 0.621. The number of rotatable bonds is 4. The Kier molecular flexibility index (Phi) is 5.68. The molecule has 1 aromatic rings. The van der Waals surface area contributed by atoms with Gasteiger partial charge in [-0.15, -0.1) is 0 Å². The summed E-state index contributed by atoms with van der Waals surface area (Å²) in [6.45, 7) is 4.33. The van der Waals surface area contributed by atoms with Gasteiger partial charge >= 0.3 is 0 Å². The second-order valence-corrected chi connectivity index (χ2v) is 7.09. The topological polar surface area (TPSA) is 61.4 Å². The lowest BCUT2D eigenvalue weighted by molar-refractivity contribution is -0.123. The number of carbonyl (C=O) groups is 2. The van der Waals surface area contributed by atoms with Gasteiger partial charge in [-0.1, -0.05) is 12.1 Å². The van der Waals surface area contributed by atoms with E-state index in [0.29, 0.717) is 25.2 Å². The minimum Gasteiger partial charge on any atom is -0.354 e. The van der Waals surface area contributed by atoms with Crippen molar-refractivity contribution in [1.82, 2.24) is 15.5 Å². The average Bonchev–Trinajstić information content (AvgIpc) is 3.16. The molecule has 5 nitrogen and oxygen atoms in total. The molecule has 2 saturated heterocycles. The Morgan fingerprint density at radius 1 is 1.32 bits per heavy atom. The highest BCUT2D eigenvalue weighted by atomic mass is 19.1. The lowest BCUT2D eigenvalue weighted by Gasteiger charge is -2.33. The quantitative estimate of drug-likeness (QED) is 0.874. The van der Waals surface area contributed by atoms with Gasteiger partial charge in [-0.3, -0.25) is 9.59 Å². The van der Waals surface area contributed by atoms with Crippen LogP contribution in [0.3, 0.4) is 0 Å². The van der Waals surface area contributed by atoms with E-state index in [2.05, 4.69) is 10.6 Å². The lowest BCUT2D eigenvalue weighted by atomic mass is 9.97. The zero-order chi connectivity index (χ0) is 17.8. The SMILES string of the molecule is Cc1cccc(C(=O)N2CCC[C@@H](CNC(=O)[C@@H]3CCCN3)C2)c1F. The van der Waals surface area contributed by atoms with Crippen LogP contribution in [-0.4, -0.2) is 48.9 Å². The molecule has 2 N–H and O–H groups in total. The summed E-state index contributed by atoms with van der Waals surface area (Å²) in [4.78, 5) is 26.5. The van der Waals surface area contributed by atoms with Crippen LogP contribution in [0.5, 0.6) is 0 Å². The van der Waals surface area contributed by atoms with Crippen LogP contribution >= 0.6 is 0 Å². The van der Waals surface area contributed by atoms with Crippen molar-refractivity contribution in [3.63, 3.8) is 0 Å². The molecule has 0 aliphatic carbocycles. The highest BCUT2D eigenvalue weighted by Crippen LogP contribution is 2.20. The van der Waals surface area contributed by atoms with Crippen molar-refractivity contribution in [3.05, 3.63) is 35.1 Å². The summed E-state index contributed by atoms with van der Waals surface area (Å²) in [7, 11) is 0. The second-order valence-electron chi connectivity index (χ2n) is 7.09. The van der Waals surface area contributed by atoms with Crippen LogP contribution in [0.15, 0.2) is 18.2 Å². The van der Waals surface area contributed by atoms with E-state index in [1.165, 1.54) is 0 Å². The fraction of sp³-hybridized carbons (Fsp3) is 0.579. The first-order chi connectivity index (χ1) is 12.1. The second kappa shape index (κ2) is 7.95. The highest BCUT2D eigenvalue weighted by Gasteiger charge is 2.28. The molecule has 3 rings (SSSR count). The Labute approximate surface area is 148 Å². The minimum atomic E-state index is -0.435. The summed E-state index contributed by atoms with van der Waals surface area (Å²) in [6, 6.07) is 4.84. The number of amides is 2. The molecule has 2 aliphatic rings. The Hall–Kier alpha value is -1.95. The van der Waals surface area contributed by atoms with E-state index in [1.807, 2.05) is 0 Å². The first-order valence-electron chi connectivity index (χ1n) is 9.11. The monoisotopic (exact) mass is 347 g/mol. The number of hydrogen-bond donors (Lipinski definition) is 2. The first kappa shape index (κ1) is 17.9. The largest absolute Gasteiger partial charge is 0.354 e. The molecule has 2 aliphatic heterocycles. The minimum absolute atomic E-state index is 0.0469. The predicted octanol–water partition coefficient (Wildman–Crippen LogP) is 1.85. The Balaban J connectivity index is 1.56. The smallest absolute Gasteiger partial charge is 0.256 e. The zero-order valence-corrected chi connectivity index (χ0v) is 14.7. The number of hydrogen-bond acceptors (Lipinski definition) is 3. The van der Waals surface area contributed by atoms with Crippen molar-refractivity contribution in [1.29, 1.82) is 0 Å². The standard InChI is InChI=1S/C19H26FN3O2/c1-13-5-2-7-15(17(13)20)19(25)23-10-4-6-14(12-23)11-22-18(24)16-8-3-9-21-16/h2,5,7,14,16,21H,3-4,6,8-12H2,1H3,(H,22,24)/t14-,16-/m0/s1. The van der Waals surface area contributed by atoms with Gasteiger partial charge in [-0.25, -0.2) is 4.39 Å². The number of likely N-dealkylation sites (tertiary alicyclic amines) is 1. The van der Waals surface area contributed by atoms with Crippen LogP contribution in [0, 0.1) is 18.7 Å². The van der Waals surface area contributed by atoms with Crippen molar-refractivity contribution in [2.75, 3.05) is 26.2 Å². The van der Waals surface area contributed by atoms with Gasteiger partial charge in [0, 0.05) is 19.6 Å². The maximum Gasteiger partial charge on any atom is 0.256 e. The number of halogens is 1. The van der Waals surface area contributed by atoms with E-state index in [1.54, 1.807) is 30.0 Å². The van der Waals surface area contributed by atoms with E-state index in [4.69, 9.17) is 0 Å². The van der Waals surface area contributed by atoms with Crippen LogP contribution in [0.4, 0.5) is 4.39 Å². The summed E-state index contributed by atoms with van der Waals surface area (Å²) >= 11 is 0. The van der Waals surface area contributed by atoms with Crippen LogP contribution in [0.25, 0.3) is 0 Å². The van der Waals surface area contributed by atoms with E-state index < -0.39 is 5.82 Å². The van der Waals surface area contributed by atoms with Crippen molar-refractivity contribution in [2.24, 2.45) is 5.92 Å². The molecule has 2 amide bonds. The van der Waals surface area contributed by atoms with Crippen molar-refractivity contribution >= 4 is 11.8 Å². The molecule has 0 saturated carbocycles. The van der Waals surface area contributed by atoms with Crippen molar-refractivity contribution in [3.8, 4) is 0 Å². The van der Waals surface area contributed by atoms with Crippen LogP contribution in [0.1, 0.15) is 41.6 Å². The fourth-order valence-corrected chi connectivity index (χ4v) is 3.68.